The largest absolute Gasteiger partial charge is 0.417 e. The number of rotatable bonds is 6. The number of nitrogens with one attached hydrogen (secondary N) is 1. The van der Waals surface area contributed by atoms with E-state index in [-0.39, 0.29) is 41.8 Å². The van der Waals surface area contributed by atoms with Crippen molar-refractivity contribution in [2.24, 2.45) is 5.92 Å². The monoisotopic (exact) mass is 627 g/mol. The van der Waals surface area contributed by atoms with Crippen molar-refractivity contribution in [2.45, 2.75) is 88.4 Å². The van der Waals surface area contributed by atoms with Crippen LogP contribution in [-0.4, -0.2) is 84.6 Å². The second-order valence-electron chi connectivity index (χ2n) is 13.0. The summed E-state index contributed by atoms with van der Waals surface area (Å²) in [6, 6.07) is 5.15. The van der Waals surface area contributed by atoms with E-state index in [1.807, 2.05) is 21.9 Å². The van der Waals surface area contributed by atoms with Crippen molar-refractivity contribution < 1.29 is 33.0 Å². The van der Waals surface area contributed by atoms with Gasteiger partial charge in [-0.05, 0) is 81.5 Å². The lowest BCUT2D eigenvalue weighted by Gasteiger charge is -2.37. The van der Waals surface area contributed by atoms with Gasteiger partial charge >= 0.3 is 6.18 Å². The van der Waals surface area contributed by atoms with Gasteiger partial charge in [-0.15, -0.1) is 5.10 Å². The zero-order valence-corrected chi connectivity index (χ0v) is 24.8. The van der Waals surface area contributed by atoms with E-state index in [1.54, 1.807) is 12.3 Å². The third-order valence-electron chi connectivity index (χ3n) is 10.0. The number of hydrogen-bond acceptors (Lipinski definition) is 8. The van der Waals surface area contributed by atoms with Gasteiger partial charge in [-0.1, -0.05) is 0 Å². The van der Waals surface area contributed by atoms with E-state index in [4.69, 9.17) is 10.7 Å². The zero-order chi connectivity index (χ0) is 31.8. The third-order valence-corrected chi connectivity index (χ3v) is 10.0. The van der Waals surface area contributed by atoms with Gasteiger partial charge in [0.1, 0.15) is 5.56 Å². The predicted octanol–water partition coefficient (Wildman–Crippen LogP) is 3.27. The Morgan fingerprint density at radius 2 is 1.91 bits per heavy atom. The van der Waals surface area contributed by atoms with Crippen LogP contribution in [0.25, 0.3) is 16.9 Å². The molecule has 2 saturated carbocycles. The fourth-order valence-electron chi connectivity index (χ4n) is 7.08. The molecule has 11 nitrogen and oxygen atoms in total. The molecule has 2 atom stereocenters. The van der Waals surface area contributed by atoms with Crippen molar-refractivity contribution in [1.29, 1.82) is 0 Å². The van der Waals surface area contributed by atoms with E-state index in [1.165, 1.54) is 4.52 Å². The summed E-state index contributed by atoms with van der Waals surface area (Å²) >= 11 is 0. The Hall–Kier alpha value is -3.91. The summed E-state index contributed by atoms with van der Waals surface area (Å²) in [5.41, 5.74) is 7.11. The molecule has 240 valence electrons. The maximum Gasteiger partial charge on any atom is 0.417 e. The van der Waals surface area contributed by atoms with Crippen LogP contribution < -0.4 is 16.0 Å². The molecular weight excluding hydrogens is 591 g/mol. The van der Waals surface area contributed by atoms with E-state index in [2.05, 4.69) is 17.3 Å². The summed E-state index contributed by atoms with van der Waals surface area (Å²) in [6.45, 7) is 3.60. The number of anilines is 2. The lowest BCUT2D eigenvalue weighted by molar-refractivity contribution is -0.270. The second kappa shape index (κ2) is 10.6. The molecule has 0 bridgehead atoms. The normalized spacial score (nSPS) is 26.0. The number of amides is 2. The first-order valence-corrected chi connectivity index (χ1v) is 15.5. The van der Waals surface area contributed by atoms with Gasteiger partial charge in [-0.3, -0.25) is 9.59 Å². The van der Waals surface area contributed by atoms with Crippen LogP contribution in [0, 0.1) is 5.92 Å². The number of fused-ring (bicyclic) bond motifs is 2. The number of nitrogens with two attached hydrogens (primary N) is 1. The van der Waals surface area contributed by atoms with Crippen molar-refractivity contribution in [1.82, 2.24) is 24.8 Å². The number of carbonyl (C=O) groups excluding carboxylic acids is 2. The van der Waals surface area contributed by atoms with Crippen LogP contribution >= 0.6 is 0 Å². The molecule has 0 radical (unpaired) electrons. The first-order chi connectivity index (χ1) is 21.3. The Labute approximate surface area is 257 Å². The maximum atomic E-state index is 13.7. The number of aromatic nitrogens is 3. The van der Waals surface area contributed by atoms with Crippen molar-refractivity contribution in [2.75, 3.05) is 23.7 Å². The smallest absolute Gasteiger partial charge is 0.391 e. The highest BCUT2D eigenvalue weighted by atomic mass is 19.4. The Balaban J connectivity index is 1.20. The zero-order valence-electron chi connectivity index (χ0n) is 24.8. The van der Waals surface area contributed by atoms with E-state index >= 15 is 0 Å². The first-order valence-electron chi connectivity index (χ1n) is 15.5. The highest BCUT2D eigenvalue weighted by molar-refractivity contribution is 6.06. The van der Waals surface area contributed by atoms with Gasteiger partial charge in [0.25, 0.3) is 11.8 Å². The van der Waals surface area contributed by atoms with Crippen molar-refractivity contribution in [3.8, 4) is 11.3 Å². The average Bonchev–Trinajstić information content (AvgIpc) is 3.55. The molecule has 2 aliphatic heterocycles. The second-order valence-corrected chi connectivity index (χ2v) is 13.0. The maximum absolute atomic E-state index is 13.7. The Bertz CT molecular complexity index is 1680. The fourth-order valence-corrected chi connectivity index (χ4v) is 7.08. The third kappa shape index (κ3) is 5.17. The van der Waals surface area contributed by atoms with Crippen LogP contribution in [0.15, 0.2) is 24.4 Å². The van der Waals surface area contributed by atoms with Crippen molar-refractivity contribution >= 4 is 29.0 Å². The summed E-state index contributed by atoms with van der Waals surface area (Å²) < 4.78 is 41.1. The summed E-state index contributed by atoms with van der Waals surface area (Å²) in [5, 5.41) is 27.3. The van der Waals surface area contributed by atoms with E-state index < -0.39 is 42.7 Å². The number of aliphatic hydroxyl groups is 2. The fraction of sp³-hybridized carbons (Fsp3) is 0.548. The molecular formula is C31H36F3N7O4. The van der Waals surface area contributed by atoms with Crippen molar-refractivity contribution in [3.05, 3.63) is 41.1 Å². The molecule has 2 aliphatic carbocycles. The number of carbonyl (C=O) groups is 2. The molecule has 4 heterocycles. The van der Waals surface area contributed by atoms with Gasteiger partial charge in [0.2, 0.25) is 0 Å². The first kappa shape index (κ1) is 29.8. The van der Waals surface area contributed by atoms with Gasteiger partial charge in [0.05, 0.1) is 23.0 Å². The number of benzene rings is 1. The number of β-amino-alcohol motifs (C(OH)–C–C–N with tert-alkyl or cyclic N) is 1. The Morgan fingerprint density at radius 3 is 2.56 bits per heavy atom. The quantitative estimate of drug-likeness (QED) is 0.326. The van der Waals surface area contributed by atoms with Gasteiger partial charge < -0.3 is 31.1 Å². The minimum atomic E-state index is -4.73. The molecule has 4 aliphatic rings. The summed E-state index contributed by atoms with van der Waals surface area (Å²) in [6.07, 6.45) is -1.87. The molecule has 14 heteroatoms. The lowest BCUT2D eigenvalue weighted by atomic mass is 9.81. The highest BCUT2D eigenvalue weighted by Crippen LogP contribution is 2.43. The van der Waals surface area contributed by atoms with Gasteiger partial charge in [-0.25, -0.2) is 9.50 Å². The summed E-state index contributed by atoms with van der Waals surface area (Å²) in [5.74, 6) is -0.179. The lowest BCUT2D eigenvalue weighted by Crippen LogP contribution is -2.51. The standard InChI is InChI=1S/C31H36F3N7O4/c1-16(17-2-3-17)40-14-19-12-18(13-23(24(19)29(40)44)39-10-6-21(42)15-39)22-7-11-41-27(37-22)25(26(35)38-41)28(43)36-20-4-8-30(45,9-5-20)31(32,33)34/h7,11-13,16-17,20-21,42,45H,2-6,8-10,14-15H2,1H3,(H2,35,38)(H,36,43)/t16?,20-,21-,30+/m1/s1. The minimum absolute atomic E-state index is 0.00495. The van der Waals surface area contributed by atoms with Gasteiger partial charge in [-0.2, -0.15) is 13.2 Å². The van der Waals surface area contributed by atoms with Crippen molar-refractivity contribution in [3.63, 3.8) is 0 Å². The molecule has 0 spiro atoms. The van der Waals surface area contributed by atoms with E-state index in [0.717, 1.165) is 29.7 Å². The van der Waals surface area contributed by atoms with Gasteiger partial charge in [0, 0.05) is 43.5 Å². The molecule has 7 rings (SSSR count). The van der Waals surface area contributed by atoms with Crippen LogP contribution in [0.4, 0.5) is 24.7 Å². The SMILES string of the molecule is CC(C1CC1)N1Cc2cc(-c3ccn4nc(N)c(C(=O)N[C@H]5CC[C@](O)(C(F)(F)F)CC5)c4n3)cc(N3CC[C@@H](O)C3)c2C1=O. The summed E-state index contributed by atoms with van der Waals surface area (Å²) in [4.78, 5) is 35.8. The van der Waals surface area contributed by atoms with Crippen LogP contribution in [0.1, 0.15) is 78.1 Å². The number of nitrogen functional groups attached to an aromatic ring is 1. The van der Waals surface area contributed by atoms with Crippen LogP contribution in [0.2, 0.25) is 0 Å². The molecule has 5 N–H and O–H groups in total. The molecule has 2 aromatic heterocycles. The Morgan fingerprint density at radius 1 is 1.18 bits per heavy atom. The highest BCUT2D eigenvalue weighted by Gasteiger charge is 2.54. The minimum Gasteiger partial charge on any atom is -0.391 e. The van der Waals surface area contributed by atoms with E-state index in [0.29, 0.717) is 43.2 Å². The molecule has 1 unspecified atom stereocenters. The number of hydrogen-bond donors (Lipinski definition) is 4. The Kier molecular flexibility index (Phi) is 7.00. The van der Waals surface area contributed by atoms with Crippen LogP contribution in [0.3, 0.4) is 0 Å². The number of alkyl halides is 3. The van der Waals surface area contributed by atoms with Crippen LogP contribution in [0.5, 0.6) is 0 Å². The predicted molar refractivity (Wildman–Crippen MR) is 158 cm³/mol. The topological polar surface area (TPSA) is 149 Å². The molecule has 1 aromatic carbocycles. The molecule has 3 fully saturated rings. The molecule has 3 aromatic rings. The van der Waals surface area contributed by atoms with Crippen LogP contribution in [-0.2, 0) is 6.54 Å². The average molecular weight is 628 g/mol. The van der Waals surface area contributed by atoms with Gasteiger partial charge in [0.15, 0.2) is 17.1 Å². The molecule has 1 saturated heterocycles. The number of halogens is 3. The summed E-state index contributed by atoms with van der Waals surface area (Å²) in [7, 11) is 0. The van der Waals surface area contributed by atoms with E-state index in [9.17, 15) is 33.0 Å². The number of nitrogens with zero attached hydrogens (tertiary/aromatic N) is 5. The molecule has 45 heavy (non-hydrogen) atoms. The number of aliphatic hydroxyl groups excluding tert-OH is 1. The molecule has 2 amide bonds.